The van der Waals surface area contributed by atoms with Gasteiger partial charge in [0.2, 0.25) is 10.0 Å². The molecule has 1 aromatic carbocycles. The number of aryl methyl sites for hydroxylation is 1. The molecule has 0 spiro atoms. The molecule has 5 heteroatoms. The van der Waals surface area contributed by atoms with E-state index in [0.717, 1.165) is 11.1 Å². The summed E-state index contributed by atoms with van der Waals surface area (Å²) in [7, 11) is -1.56. The van der Waals surface area contributed by atoms with Crippen molar-refractivity contribution >= 4 is 10.0 Å². The highest BCUT2D eigenvalue weighted by atomic mass is 32.2. The molecule has 120 valence electrons. The highest BCUT2D eigenvalue weighted by Crippen LogP contribution is 2.23. The Labute approximate surface area is 129 Å². The average Bonchev–Trinajstić information content (AvgIpc) is 2.44. The zero-order valence-corrected chi connectivity index (χ0v) is 14.6. The van der Waals surface area contributed by atoms with Crippen molar-refractivity contribution < 1.29 is 8.42 Å². The molecule has 0 bridgehead atoms. The van der Waals surface area contributed by atoms with Crippen molar-refractivity contribution in [1.29, 1.82) is 0 Å². The molecule has 0 radical (unpaired) electrons. The minimum atomic E-state index is -3.42. The Hall–Kier alpha value is -0.910. The Kier molecular flexibility index (Phi) is 6.84. The van der Waals surface area contributed by atoms with Gasteiger partial charge < -0.3 is 5.32 Å². The van der Waals surface area contributed by atoms with Gasteiger partial charge in [-0.15, -0.1) is 0 Å². The van der Waals surface area contributed by atoms with Crippen molar-refractivity contribution in [2.75, 3.05) is 20.1 Å². The lowest BCUT2D eigenvalue weighted by Gasteiger charge is -2.24. The molecule has 4 nitrogen and oxygen atoms in total. The van der Waals surface area contributed by atoms with Crippen LogP contribution in [-0.2, 0) is 23.0 Å². The number of hydrogen-bond acceptors (Lipinski definition) is 3. The van der Waals surface area contributed by atoms with E-state index in [1.807, 2.05) is 52.9 Å². The van der Waals surface area contributed by atoms with Gasteiger partial charge in [-0.2, -0.15) is 4.31 Å². The van der Waals surface area contributed by atoms with Crippen molar-refractivity contribution in [2.45, 2.75) is 45.6 Å². The molecular formula is C16H28N2O2S. The molecule has 0 saturated carbocycles. The Morgan fingerprint density at radius 1 is 1.24 bits per heavy atom. The first kappa shape index (κ1) is 18.1. The van der Waals surface area contributed by atoms with Crippen LogP contribution in [0, 0.1) is 5.92 Å². The molecule has 21 heavy (non-hydrogen) atoms. The van der Waals surface area contributed by atoms with Gasteiger partial charge in [0.25, 0.3) is 0 Å². The molecule has 0 aromatic heterocycles. The molecular weight excluding hydrogens is 284 g/mol. The van der Waals surface area contributed by atoms with Crippen LogP contribution in [0.15, 0.2) is 23.1 Å². The number of nitrogens with zero attached hydrogens (tertiary/aromatic N) is 1. The summed E-state index contributed by atoms with van der Waals surface area (Å²) in [6.45, 7) is 9.68. The summed E-state index contributed by atoms with van der Waals surface area (Å²) < 4.78 is 27.5. The zero-order chi connectivity index (χ0) is 16.0. The van der Waals surface area contributed by atoms with Crippen molar-refractivity contribution in [2.24, 2.45) is 5.92 Å². The van der Waals surface area contributed by atoms with Crippen molar-refractivity contribution in [3.63, 3.8) is 0 Å². The standard InChI is InChI=1S/C16H28N2O2S/c1-6-15-9-8-14(11-17-5)10-16(15)21(19,20)18(7-2)12-13(3)4/h8-10,13,17H,6-7,11-12H2,1-5H3. The second-order valence-electron chi connectivity index (χ2n) is 5.68. The van der Waals surface area contributed by atoms with Crippen molar-refractivity contribution in [1.82, 2.24) is 9.62 Å². The Balaban J connectivity index is 3.29. The van der Waals surface area contributed by atoms with Gasteiger partial charge in [0, 0.05) is 19.6 Å². The minimum Gasteiger partial charge on any atom is -0.316 e. The molecule has 0 heterocycles. The van der Waals surface area contributed by atoms with E-state index in [4.69, 9.17) is 0 Å². The van der Waals surface area contributed by atoms with E-state index in [1.165, 1.54) is 0 Å². The van der Waals surface area contributed by atoms with E-state index in [2.05, 4.69) is 5.32 Å². The molecule has 0 aliphatic rings. The van der Waals surface area contributed by atoms with Gasteiger partial charge in [-0.1, -0.05) is 39.8 Å². The number of benzene rings is 1. The summed E-state index contributed by atoms with van der Waals surface area (Å²) in [5.74, 6) is 0.310. The Morgan fingerprint density at radius 3 is 2.38 bits per heavy atom. The minimum absolute atomic E-state index is 0.310. The van der Waals surface area contributed by atoms with Crippen LogP contribution in [0.3, 0.4) is 0 Å². The number of rotatable bonds is 8. The summed E-state index contributed by atoms with van der Waals surface area (Å²) in [6, 6.07) is 5.74. The summed E-state index contributed by atoms with van der Waals surface area (Å²) in [5, 5.41) is 3.07. The van der Waals surface area contributed by atoms with Gasteiger partial charge in [-0.3, -0.25) is 0 Å². The fourth-order valence-electron chi connectivity index (χ4n) is 2.39. The molecule has 1 N–H and O–H groups in total. The molecule has 0 atom stereocenters. The third kappa shape index (κ3) is 4.53. The fourth-order valence-corrected chi connectivity index (χ4v) is 4.35. The lowest BCUT2D eigenvalue weighted by atomic mass is 10.1. The number of nitrogens with one attached hydrogen (secondary N) is 1. The molecule has 0 aliphatic carbocycles. The maximum Gasteiger partial charge on any atom is 0.243 e. The largest absolute Gasteiger partial charge is 0.316 e. The Bertz CT molecular complexity index is 553. The van der Waals surface area contributed by atoms with Crippen LogP contribution in [0.25, 0.3) is 0 Å². The highest BCUT2D eigenvalue weighted by Gasteiger charge is 2.26. The van der Waals surface area contributed by atoms with Crippen LogP contribution in [-0.4, -0.2) is 32.9 Å². The molecule has 0 amide bonds. The first-order valence-electron chi connectivity index (χ1n) is 7.63. The van der Waals surface area contributed by atoms with E-state index in [-0.39, 0.29) is 0 Å². The van der Waals surface area contributed by atoms with E-state index in [1.54, 1.807) is 4.31 Å². The summed E-state index contributed by atoms with van der Waals surface area (Å²) in [6.07, 6.45) is 0.716. The van der Waals surface area contributed by atoms with Gasteiger partial charge >= 0.3 is 0 Å². The SMILES string of the molecule is CCc1ccc(CNC)cc1S(=O)(=O)N(CC)CC(C)C. The van der Waals surface area contributed by atoms with Crippen molar-refractivity contribution in [3.8, 4) is 0 Å². The van der Waals surface area contributed by atoms with Crippen LogP contribution in [0.4, 0.5) is 0 Å². The lowest BCUT2D eigenvalue weighted by Crippen LogP contribution is -2.34. The van der Waals surface area contributed by atoms with Gasteiger partial charge in [0.05, 0.1) is 4.90 Å². The summed E-state index contributed by atoms with van der Waals surface area (Å²) in [4.78, 5) is 0.459. The quantitative estimate of drug-likeness (QED) is 0.803. The molecule has 1 rings (SSSR count). The molecule has 0 aliphatic heterocycles. The van der Waals surface area contributed by atoms with Crippen LogP contribution >= 0.6 is 0 Å². The highest BCUT2D eigenvalue weighted by molar-refractivity contribution is 7.89. The van der Waals surface area contributed by atoms with Gasteiger partial charge in [0.1, 0.15) is 0 Å². The molecule has 0 saturated heterocycles. The number of sulfonamides is 1. The van der Waals surface area contributed by atoms with Gasteiger partial charge in [0.15, 0.2) is 0 Å². The van der Waals surface area contributed by atoms with Gasteiger partial charge in [-0.25, -0.2) is 8.42 Å². The summed E-state index contributed by atoms with van der Waals surface area (Å²) >= 11 is 0. The van der Waals surface area contributed by atoms with Crippen LogP contribution in [0.2, 0.25) is 0 Å². The third-order valence-electron chi connectivity index (χ3n) is 3.43. The van der Waals surface area contributed by atoms with Crippen LogP contribution < -0.4 is 5.32 Å². The topological polar surface area (TPSA) is 49.4 Å². The second kappa shape index (κ2) is 7.92. The zero-order valence-electron chi connectivity index (χ0n) is 13.8. The fraction of sp³-hybridized carbons (Fsp3) is 0.625. The maximum absolute atomic E-state index is 12.9. The second-order valence-corrected chi connectivity index (χ2v) is 7.58. The molecule has 0 unspecified atom stereocenters. The predicted octanol–water partition coefficient (Wildman–Crippen LogP) is 2.64. The van der Waals surface area contributed by atoms with E-state index in [0.29, 0.717) is 36.9 Å². The molecule has 1 aromatic rings. The average molecular weight is 312 g/mol. The van der Waals surface area contributed by atoms with Crippen LogP contribution in [0.1, 0.15) is 38.8 Å². The molecule has 0 fully saturated rings. The lowest BCUT2D eigenvalue weighted by molar-refractivity contribution is 0.380. The number of hydrogen-bond donors (Lipinski definition) is 1. The van der Waals surface area contributed by atoms with E-state index >= 15 is 0 Å². The Morgan fingerprint density at radius 2 is 1.90 bits per heavy atom. The normalized spacial score (nSPS) is 12.3. The van der Waals surface area contributed by atoms with Crippen LogP contribution in [0.5, 0.6) is 0 Å². The third-order valence-corrected chi connectivity index (χ3v) is 5.46. The van der Waals surface area contributed by atoms with Gasteiger partial charge in [-0.05, 0) is 36.6 Å². The predicted molar refractivity (Wildman–Crippen MR) is 87.9 cm³/mol. The van der Waals surface area contributed by atoms with Crippen molar-refractivity contribution in [3.05, 3.63) is 29.3 Å². The smallest absolute Gasteiger partial charge is 0.243 e. The monoisotopic (exact) mass is 312 g/mol. The maximum atomic E-state index is 12.9. The van der Waals surface area contributed by atoms with E-state index < -0.39 is 10.0 Å². The summed E-state index contributed by atoms with van der Waals surface area (Å²) in [5.41, 5.74) is 1.88. The first-order chi connectivity index (χ1) is 9.86. The first-order valence-corrected chi connectivity index (χ1v) is 9.07. The van der Waals surface area contributed by atoms with E-state index in [9.17, 15) is 8.42 Å².